The zero-order chi connectivity index (χ0) is 17.0. The van der Waals surface area contributed by atoms with Crippen molar-refractivity contribution in [2.45, 2.75) is 19.2 Å². The third-order valence-corrected chi connectivity index (χ3v) is 3.39. The molecule has 1 unspecified atom stereocenters. The van der Waals surface area contributed by atoms with Gasteiger partial charge >= 0.3 is 6.18 Å². The van der Waals surface area contributed by atoms with E-state index in [1.165, 1.54) is 12.1 Å². The highest BCUT2D eigenvalue weighted by molar-refractivity contribution is 5.94. The Labute approximate surface area is 131 Å². The average molecular weight is 323 g/mol. The lowest BCUT2D eigenvalue weighted by Crippen LogP contribution is -2.28. The van der Waals surface area contributed by atoms with E-state index >= 15 is 0 Å². The van der Waals surface area contributed by atoms with E-state index in [0.29, 0.717) is 11.1 Å². The van der Waals surface area contributed by atoms with Crippen LogP contribution in [-0.4, -0.2) is 17.6 Å². The zero-order valence-corrected chi connectivity index (χ0v) is 12.4. The first-order valence-corrected chi connectivity index (χ1v) is 6.97. The molecule has 0 bridgehead atoms. The number of aryl methyl sites for hydroxylation is 1. The Kier molecular flexibility index (Phi) is 5.05. The van der Waals surface area contributed by atoms with Crippen LogP contribution in [0.5, 0.6) is 0 Å². The number of benzene rings is 2. The van der Waals surface area contributed by atoms with Crippen LogP contribution in [-0.2, 0) is 6.18 Å². The van der Waals surface area contributed by atoms with Crippen LogP contribution in [0.2, 0.25) is 0 Å². The second-order valence-corrected chi connectivity index (χ2v) is 5.21. The molecule has 0 spiro atoms. The molecule has 2 rings (SSSR count). The Balaban J connectivity index is 1.95. The highest BCUT2D eigenvalue weighted by atomic mass is 19.4. The first kappa shape index (κ1) is 17.0. The summed E-state index contributed by atoms with van der Waals surface area (Å²) in [6, 6.07) is 11.1. The van der Waals surface area contributed by atoms with Crippen LogP contribution in [0.25, 0.3) is 0 Å². The van der Waals surface area contributed by atoms with Crippen molar-refractivity contribution in [3.05, 3.63) is 70.8 Å². The van der Waals surface area contributed by atoms with E-state index in [0.717, 1.165) is 17.7 Å². The van der Waals surface area contributed by atoms with Gasteiger partial charge in [0.25, 0.3) is 5.91 Å². The molecular weight excluding hydrogens is 307 g/mol. The van der Waals surface area contributed by atoms with Gasteiger partial charge in [0.1, 0.15) is 0 Å². The SMILES string of the molecule is Cc1ccc(C(=O)NCC(O)c2ccc(C(F)(F)F)cc2)cc1. The summed E-state index contributed by atoms with van der Waals surface area (Å²) < 4.78 is 37.4. The predicted octanol–water partition coefficient (Wildman–Crippen LogP) is 3.48. The molecule has 23 heavy (non-hydrogen) atoms. The number of rotatable bonds is 4. The highest BCUT2D eigenvalue weighted by Gasteiger charge is 2.30. The van der Waals surface area contributed by atoms with Gasteiger partial charge in [-0.15, -0.1) is 0 Å². The molecule has 122 valence electrons. The summed E-state index contributed by atoms with van der Waals surface area (Å²) in [7, 11) is 0. The molecular formula is C17H16F3NO2. The van der Waals surface area contributed by atoms with Crippen molar-refractivity contribution < 1.29 is 23.1 Å². The minimum Gasteiger partial charge on any atom is -0.387 e. The van der Waals surface area contributed by atoms with Crippen LogP contribution in [0.3, 0.4) is 0 Å². The standard InChI is InChI=1S/C17H16F3NO2/c1-11-2-4-13(5-3-11)16(23)21-10-15(22)12-6-8-14(9-7-12)17(18,19)20/h2-9,15,22H,10H2,1H3,(H,21,23). The van der Waals surface area contributed by atoms with Gasteiger partial charge < -0.3 is 10.4 Å². The number of hydrogen-bond donors (Lipinski definition) is 2. The number of halogens is 3. The lowest BCUT2D eigenvalue weighted by atomic mass is 10.1. The van der Waals surface area contributed by atoms with E-state index in [4.69, 9.17) is 0 Å². The monoisotopic (exact) mass is 323 g/mol. The van der Waals surface area contributed by atoms with Crippen molar-refractivity contribution >= 4 is 5.91 Å². The molecule has 0 aliphatic rings. The predicted molar refractivity (Wildman–Crippen MR) is 79.9 cm³/mol. The van der Waals surface area contributed by atoms with Crippen molar-refractivity contribution in [2.24, 2.45) is 0 Å². The molecule has 0 aliphatic carbocycles. The Morgan fingerprint density at radius 3 is 2.17 bits per heavy atom. The van der Waals surface area contributed by atoms with E-state index in [1.54, 1.807) is 24.3 Å². The van der Waals surface area contributed by atoms with E-state index in [9.17, 15) is 23.1 Å². The van der Waals surface area contributed by atoms with E-state index in [1.807, 2.05) is 6.92 Å². The molecule has 2 aromatic carbocycles. The number of alkyl halides is 3. The molecule has 6 heteroatoms. The van der Waals surface area contributed by atoms with Crippen molar-refractivity contribution in [1.82, 2.24) is 5.32 Å². The summed E-state index contributed by atoms with van der Waals surface area (Å²) in [5, 5.41) is 12.5. The van der Waals surface area contributed by atoms with Crippen molar-refractivity contribution in [3.63, 3.8) is 0 Å². The molecule has 0 saturated carbocycles. The summed E-state index contributed by atoms with van der Waals surface area (Å²) in [5.41, 5.74) is 1.00. The Bertz CT molecular complexity index is 664. The van der Waals surface area contributed by atoms with Gasteiger partial charge in [-0.05, 0) is 36.8 Å². The number of nitrogens with one attached hydrogen (secondary N) is 1. The molecule has 2 aromatic rings. The molecule has 3 nitrogen and oxygen atoms in total. The van der Waals surface area contributed by atoms with E-state index in [-0.39, 0.29) is 12.5 Å². The summed E-state index contributed by atoms with van der Waals surface area (Å²) >= 11 is 0. The topological polar surface area (TPSA) is 49.3 Å². The minimum absolute atomic E-state index is 0.0852. The van der Waals surface area contributed by atoms with Crippen LogP contribution in [0.1, 0.15) is 33.2 Å². The average Bonchev–Trinajstić information content (AvgIpc) is 2.52. The lowest BCUT2D eigenvalue weighted by molar-refractivity contribution is -0.137. The number of aliphatic hydroxyl groups excluding tert-OH is 1. The van der Waals surface area contributed by atoms with Crippen molar-refractivity contribution in [3.8, 4) is 0 Å². The van der Waals surface area contributed by atoms with Crippen LogP contribution in [0, 0.1) is 6.92 Å². The summed E-state index contributed by atoms with van der Waals surface area (Å²) in [5.74, 6) is -0.351. The third kappa shape index (κ3) is 4.56. The Morgan fingerprint density at radius 2 is 1.65 bits per heavy atom. The summed E-state index contributed by atoms with van der Waals surface area (Å²) in [6.45, 7) is 1.81. The smallest absolute Gasteiger partial charge is 0.387 e. The van der Waals surface area contributed by atoms with Crippen LogP contribution < -0.4 is 5.32 Å². The van der Waals surface area contributed by atoms with Gasteiger partial charge in [0.05, 0.1) is 11.7 Å². The van der Waals surface area contributed by atoms with Gasteiger partial charge in [-0.25, -0.2) is 0 Å². The number of carbonyl (C=O) groups is 1. The third-order valence-electron chi connectivity index (χ3n) is 3.39. The normalized spacial score (nSPS) is 12.7. The van der Waals surface area contributed by atoms with Crippen LogP contribution in [0.15, 0.2) is 48.5 Å². The maximum absolute atomic E-state index is 12.5. The maximum Gasteiger partial charge on any atom is 0.416 e. The molecule has 2 N–H and O–H groups in total. The van der Waals surface area contributed by atoms with Crippen molar-refractivity contribution in [1.29, 1.82) is 0 Å². The van der Waals surface area contributed by atoms with Gasteiger partial charge in [0.2, 0.25) is 0 Å². The molecule has 0 aliphatic heterocycles. The fourth-order valence-electron chi connectivity index (χ4n) is 2.01. The Morgan fingerprint density at radius 1 is 1.09 bits per heavy atom. The second kappa shape index (κ2) is 6.83. The summed E-state index contributed by atoms with van der Waals surface area (Å²) in [6.07, 6.45) is -5.49. The number of aliphatic hydroxyl groups is 1. The van der Waals surface area contributed by atoms with Crippen LogP contribution in [0.4, 0.5) is 13.2 Å². The second-order valence-electron chi connectivity index (χ2n) is 5.21. The molecule has 0 aromatic heterocycles. The number of amides is 1. The molecule has 0 saturated heterocycles. The van der Waals surface area contributed by atoms with Gasteiger partial charge in [-0.3, -0.25) is 4.79 Å². The van der Waals surface area contributed by atoms with Gasteiger partial charge in [0, 0.05) is 12.1 Å². The van der Waals surface area contributed by atoms with Gasteiger partial charge in [0.15, 0.2) is 0 Å². The minimum atomic E-state index is -4.41. The molecule has 0 heterocycles. The van der Waals surface area contributed by atoms with Crippen molar-refractivity contribution in [2.75, 3.05) is 6.54 Å². The summed E-state index contributed by atoms with van der Waals surface area (Å²) in [4.78, 5) is 11.9. The Hall–Kier alpha value is -2.34. The zero-order valence-electron chi connectivity index (χ0n) is 12.4. The molecule has 1 amide bonds. The first-order valence-electron chi connectivity index (χ1n) is 6.97. The quantitative estimate of drug-likeness (QED) is 0.905. The molecule has 1 atom stereocenters. The fraction of sp³-hybridized carbons (Fsp3) is 0.235. The highest BCUT2D eigenvalue weighted by Crippen LogP contribution is 2.29. The van der Waals surface area contributed by atoms with E-state index < -0.39 is 17.8 Å². The lowest BCUT2D eigenvalue weighted by Gasteiger charge is -2.14. The molecule has 0 radical (unpaired) electrons. The maximum atomic E-state index is 12.5. The first-order chi connectivity index (χ1) is 10.8. The number of carbonyl (C=O) groups excluding carboxylic acids is 1. The van der Waals surface area contributed by atoms with Gasteiger partial charge in [-0.2, -0.15) is 13.2 Å². The number of hydrogen-bond acceptors (Lipinski definition) is 2. The largest absolute Gasteiger partial charge is 0.416 e. The van der Waals surface area contributed by atoms with E-state index in [2.05, 4.69) is 5.32 Å². The van der Waals surface area contributed by atoms with Crippen LogP contribution >= 0.6 is 0 Å². The molecule has 0 fully saturated rings. The van der Waals surface area contributed by atoms with Gasteiger partial charge in [-0.1, -0.05) is 29.8 Å². The fourth-order valence-corrected chi connectivity index (χ4v) is 2.01.